The Morgan fingerprint density at radius 3 is 2.46 bits per heavy atom. The van der Waals surface area contributed by atoms with Crippen molar-refractivity contribution in [1.29, 1.82) is 0 Å². The third-order valence-electron chi connectivity index (χ3n) is 1.97. The summed E-state index contributed by atoms with van der Waals surface area (Å²) in [5.41, 5.74) is -0.412. The van der Waals surface area contributed by atoms with Crippen molar-refractivity contribution in [2.75, 3.05) is 6.54 Å². The molecule has 1 aliphatic heterocycles. The lowest BCUT2D eigenvalue weighted by Crippen LogP contribution is -2.63. The van der Waals surface area contributed by atoms with Crippen LogP contribution in [0.2, 0.25) is 0 Å². The van der Waals surface area contributed by atoms with Gasteiger partial charge >= 0.3 is 6.09 Å². The fourth-order valence-corrected chi connectivity index (χ4v) is 1.11. The zero-order valence-electron chi connectivity index (χ0n) is 8.68. The van der Waals surface area contributed by atoms with Crippen molar-refractivity contribution in [2.45, 2.75) is 45.4 Å². The lowest BCUT2D eigenvalue weighted by molar-refractivity contribution is 0.0468. The van der Waals surface area contributed by atoms with Gasteiger partial charge < -0.3 is 15.4 Å². The van der Waals surface area contributed by atoms with Gasteiger partial charge in [0.25, 0.3) is 0 Å². The molecule has 2 N–H and O–H groups in total. The minimum absolute atomic E-state index is 0.217. The Morgan fingerprint density at radius 1 is 1.54 bits per heavy atom. The van der Waals surface area contributed by atoms with Crippen LogP contribution in [0.5, 0.6) is 0 Å². The van der Waals surface area contributed by atoms with E-state index in [4.69, 9.17) is 4.74 Å². The highest BCUT2D eigenvalue weighted by atomic mass is 16.6. The predicted octanol–water partition coefficient (Wildman–Crippen LogP) is 0.871. The van der Waals surface area contributed by atoms with Crippen molar-refractivity contribution in [2.24, 2.45) is 0 Å². The summed E-state index contributed by atoms with van der Waals surface area (Å²) < 4.78 is 5.11. The van der Waals surface area contributed by atoms with Gasteiger partial charge in [-0.15, -0.1) is 0 Å². The number of rotatable bonds is 1. The Balaban J connectivity index is 2.25. The molecule has 4 heteroatoms. The van der Waals surface area contributed by atoms with Crippen LogP contribution < -0.4 is 10.6 Å². The number of alkyl carbamates (subject to hydrolysis) is 1. The van der Waals surface area contributed by atoms with E-state index in [1.807, 2.05) is 27.7 Å². The second-order valence-electron chi connectivity index (χ2n) is 4.45. The van der Waals surface area contributed by atoms with Crippen LogP contribution in [0.15, 0.2) is 0 Å². The lowest BCUT2D eigenvalue weighted by atomic mass is 10.0. The summed E-state index contributed by atoms with van der Waals surface area (Å²) in [5, 5.41) is 5.96. The van der Waals surface area contributed by atoms with Crippen molar-refractivity contribution in [1.82, 2.24) is 10.6 Å². The molecule has 0 aromatic heterocycles. The van der Waals surface area contributed by atoms with E-state index < -0.39 is 5.60 Å². The summed E-state index contributed by atoms with van der Waals surface area (Å²) in [4.78, 5) is 11.2. The van der Waals surface area contributed by atoms with Crippen LogP contribution in [-0.2, 0) is 4.74 Å². The van der Waals surface area contributed by atoms with Crippen LogP contribution in [0.1, 0.15) is 27.7 Å². The molecule has 0 aliphatic carbocycles. The van der Waals surface area contributed by atoms with Crippen molar-refractivity contribution in [3.05, 3.63) is 0 Å². The van der Waals surface area contributed by atoms with Gasteiger partial charge in [0.05, 0.1) is 6.04 Å². The number of hydrogen-bond donors (Lipinski definition) is 2. The van der Waals surface area contributed by atoms with Gasteiger partial charge in [0.2, 0.25) is 0 Å². The Morgan fingerprint density at radius 2 is 2.15 bits per heavy atom. The molecule has 2 atom stereocenters. The van der Waals surface area contributed by atoms with Crippen molar-refractivity contribution >= 4 is 6.09 Å². The lowest BCUT2D eigenvalue weighted by Gasteiger charge is -2.36. The number of amides is 1. The molecule has 0 radical (unpaired) electrons. The van der Waals surface area contributed by atoms with E-state index in [0.717, 1.165) is 6.54 Å². The zero-order chi connectivity index (χ0) is 10.1. The van der Waals surface area contributed by atoms with Gasteiger partial charge in [-0.2, -0.15) is 0 Å². The van der Waals surface area contributed by atoms with Gasteiger partial charge in [-0.25, -0.2) is 4.79 Å². The molecule has 76 valence electrons. The van der Waals surface area contributed by atoms with E-state index >= 15 is 0 Å². The fourth-order valence-electron chi connectivity index (χ4n) is 1.11. The van der Waals surface area contributed by atoms with E-state index in [0.29, 0.717) is 6.04 Å². The van der Waals surface area contributed by atoms with Gasteiger partial charge in [0.1, 0.15) is 5.60 Å². The molecule has 1 rings (SSSR count). The molecule has 0 aromatic carbocycles. The molecule has 1 aliphatic rings. The molecule has 0 saturated carbocycles. The smallest absolute Gasteiger partial charge is 0.407 e. The van der Waals surface area contributed by atoms with E-state index in [2.05, 4.69) is 10.6 Å². The molecule has 0 spiro atoms. The Hall–Kier alpha value is -0.770. The van der Waals surface area contributed by atoms with E-state index in [-0.39, 0.29) is 12.1 Å². The van der Waals surface area contributed by atoms with Crippen LogP contribution in [-0.4, -0.2) is 30.3 Å². The average molecular weight is 186 g/mol. The molecule has 0 aromatic rings. The summed E-state index contributed by atoms with van der Waals surface area (Å²) in [6.45, 7) is 8.44. The summed E-state index contributed by atoms with van der Waals surface area (Å²) in [6.07, 6.45) is -0.328. The van der Waals surface area contributed by atoms with Crippen molar-refractivity contribution in [3.8, 4) is 0 Å². The summed E-state index contributed by atoms with van der Waals surface area (Å²) >= 11 is 0. The molecule has 0 bridgehead atoms. The van der Waals surface area contributed by atoms with E-state index in [9.17, 15) is 4.79 Å². The third-order valence-corrected chi connectivity index (χ3v) is 1.97. The minimum Gasteiger partial charge on any atom is -0.444 e. The first-order valence-corrected chi connectivity index (χ1v) is 4.61. The number of ether oxygens (including phenoxy) is 1. The van der Waals surface area contributed by atoms with Gasteiger partial charge in [0, 0.05) is 12.6 Å². The normalized spacial score (nSPS) is 27.7. The van der Waals surface area contributed by atoms with Crippen molar-refractivity contribution in [3.63, 3.8) is 0 Å². The highest BCUT2D eigenvalue weighted by Crippen LogP contribution is 2.08. The van der Waals surface area contributed by atoms with Crippen LogP contribution >= 0.6 is 0 Å². The van der Waals surface area contributed by atoms with Gasteiger partial charge in [-0.1, -0.05) is 0 Å². The third kappa shape index (κ3) is 3.22. The highest BCUT2D eigenvalue weighted by Gasteiger charge is 2.29. The first-order valence-electron chi connectivity index (χ1n) is 4.61. The standard InChI is InChI=1S/C9H18N2O2/c1-6-7(5-10-6)11-8(12)13-9(2,3)4/h6-7,10H,5H2,1-4H3,(H,11,12)/t6-,7+/m0/s1. The molecular weight excluding hydrogens is 168 g/mol. The monoisotopic (exact) mass is 186 g/mol. The van der Waals surface area contributed by atoms with Crippen LogP contribution in [0, 0.1) is 0 Å². The predicted molar refractivity (Wildman–Crippen MR) is 50.6 cm³/mol. The number of nitrogens with one attached hydrogen (secondary N) is 2. The molecular formula is C9H18N2O2. The molecule has 4 nitrogen and oxygen atoms in total. The number of hydrogen-bond acceptors (Lipinski definition) is 3. The summed E-state index contributed by atoms with van der Waals surface area (Å²) in [6, 6.07) is 0.572. The summed E-state index contributed by atoms with van der Waals surface area (Å²) in [7, 11) is 0. The first kappa shape index (κ1) is 10.3. The fraction of sp³-hybridized carbons (Fsp3) is 0.889. The SMILES string of the molecule is C[C@@H]1NC[C@H]1NC(=O)OC(C)(C)C. The van der Waals surface area contributed by atoms with E-state index in [1.54, 1.807) is 0 Å². The maximum atomic E-state index is 11.2. The molecule has 0 unspecified atom stereocenters. The molecule has 13 heavy (non-hydrogen) atoms. The average Bonchev–Trinajstić information content (AvgIpc) is 1.94. The minimum atomic E-state index is -0.412. The topological polar surface area (TPSA) is 50.4 Å². The molecule has 1 heterocycles. The molecule has 1 fully saturated rings. The van der Waals surface area contributed by atoms with Gasteiger partial charge in [-0.05, 0) is 27.7 Å². The second kappa shape index (κ2) is 3.54. The second-order valence-corrected chi connectivity index (χ2v) is 4.45. The van der Waals surface area contributed by atoms with Crippen LogP contribution in [0.4, 0.5) is 4.79 Å². The van der Waals surface area contributed by atoms with Gasteiger partial charge in [0.15, 0.2) is 0 Å². The van der Waals surface area contributed by atoms with E-state index in [1.165, 1.54) is 0 Å². The first-order chi connectivity index (χ1) is 5.88. The van der Waals surface area contributed by atoms with Crippen molar-refractivity contribution < 1.29 is 9.53 Å². The summed E-state index contributed by atoms with van der Waals surface area (Å²) in [5.74, 6) is 0. The number of carbonyl (C=O) groups excluding carboxylic acids is 1. The Bertz CT molecular complexity index is 198. The maximum absolute atomic E-state index is 11.2. The van der Waals surface area contributed by atoms with Gasteiger partial charge in [-0.3, -0.25) is 0 Å². The Labute approximate surface area is 79.0 Å². The quantitative estimate of drug-likeness (QED) is 0.639. The van der Waals surface area contributed by atoms with Crippen LogP contribution in [0.3, 0.4) is 0 Å². The Kier molecular flexibility index (Phi) is 2.81. The van der Waals surface area contributed by atoms with Crippen LogP contribution in [0.25, 0.3) is 0 Å². The molecule has 1 saturated heterocycles. The number of carbonyl (C=O) groups is 1. The maximum Gasteiger partial charge on any atom is 0.407 e. The largest absolute Gasteiger partial charge is 0.444 e. The highest BCUT2D eigenvalue weighted by molar-refractivity contribution is 5.68. The molecule has 1 amide bonds. The zero-order valence-corrected chi connectivity index (χ0v) is 8.68.